The Kier molecular flexibility index (Phi) is 4.10. The van der Waals surface area contributed by atoms with Crippen LogP contribution in [0.25, 0.3) is 11.3 Å². The molecular formula is C18H16N2O3. The second-order valence-corrected chi connectivity index (χ2v) is 5.10. The molecule has 0 aliphatic heterocycles. The third kappa shape index (κ3) is 3.23. The molecule has 1 amide bonds. The zero-order valence-corrected chi connectivity index (χ0v) is 12.9. The molecule has 3 aromatic rings. The molecule has 116 valence electrons. The number of amides is 1. The number of carbonyl (C=O) groups excluding carboxylic acids is 1. The van der Waals surface area contributed by atoms with Crippen molar-refractivity contribution in [1.82, 2.24) is 5.16 Å². The van der Waals surface area contributed by atoms with E-state index in [0.717, 1.165) is 11.1 Å². The smallest absolute Gasteiger partial charge is 0.277 e. The van der Waals surface area contributed by atoms with E-state index in [1.807, 2.05) is 55.5 Å². The highest BCUT2D eigenvalue weighted by molar-refractivity contribution is 6.03. The number of nitrogens with one attached hydrogen (secondary N) is 1. The Balaban J connectivity index is 1.81. The lowest BCUT2D eigenvalue weighted by atomic mass is 10.1. The minimum absolute atomic E-state index is 0.214. The summed E-state index contributed by atoms with van der Waals surface area (Å²) in [5, 5.41) is 6.63. The Morgan fingerprint density at radius 1 is 1.13 bits per heavy atom. The molecule has 1 aromatic heterocycles. The molecule has 0 fully saturated rings. The fourth-order valence-corrected chi connectivity index (χ4v) is 2.19. The summed E-state index contributed by atoms with van der Waals surface area (Å²) in [6.45, 7) is 1.99. The van der Waals surface area contributed by atoms with Crippen molar-refractivity contribution in [2.45, 2.75) is 6.92 Å². The summed E-state index contributed by atoms with van der Waals surface area (Å²) in [5.41, 5.74) is 2.80. The summed E-state index contributed by atoms with van der Waals surface area (Å²) in [6.07, 6.45) is 0. The van der Waals surface area contributed by atoms with Crippen LogP contribution >= 0.6 is 0 Å². The van der Waals surface area contributed by atoms with E-state index in [9.17, 15) is 4.79 Å². The van der Waals surface area contributed by atoms with E-state index in [-0.39, 0.29) is 11.6 Å². The van der Waals surface area contributed by atoms with Crippen molar-refractivity contribution in [3.05, 3.63) is 65.9 Å². The molecule has 0 spiro atoms. The molecule has 2 aromatic carbocycles. The zero-order valence-electron chi connectivity index (χ0n) is 12.9. The number of carbonyl (C=O) groups is 1. The molecule has 0 saturated heterocycles. The molecule has 0 aliphatic carbocycles. The van der Waals surface area contributed by atoms with Crippen LogP contribution in [0.1, 0.15) is 16.1 Å². The lowest BCUT2D eigenvalue weighted by molar-refractivity contribution is 0.101. The maximum Gasteiger partial charge on any atom is 0.277 e. The van der Waals surface area contributed by atoms with Gasteiger partial charge >= 0.3 is 0 Å². The number of nitrogens with zero attached hydrogens (tertiary/aromatic N) is 1. The van der Waals surface area contributed by atoms with Gasteiger partial charge in [0.05, 0.1) is 12.7 Å². The van der Waals surface area contributed by atoms with E-state index in [2.05, 4.69) is 10.5 Å². The predicted octanol–water partition coefficient (Wildman–Crippen LogP) is 3.91. The Hall–Kier alpha value is -3.08. The maximum absolute atomic E-state index is 12.2. The molecule has 1 N–H and O–H groups in total. The van der Waals surface area contributed by atoms with Gasteiger partial charge in [-0.2, -0.15) is 0 Å². The third-order valence-corrected chi connectivity index (χ3v) is 3.42. The number of hydrogen-bond donors (Lipinski definition) is 1. The second-order valence-electron chi connectivity index (χ2n) is 5.10. The first-order valence-corrected chi connectivity index (χ1v) is 7.15. The first-order valence-electron chi connectivity index (χ1n) is 7.15. The van der Waals surface area contributed by atoms with Gasteiger partial charge in [-0.15, -0.1) is 0 Å². The van der Waals surface area contributed by atoms with E-state index in [1.54, 1.807) is 13.2 Å². The quantitative estimate of drug-likeness (QED) is 0.793. The minimum Gasteiger partial charge on any atom is -0.496 e. The summed E-state index contributed by atoms with van der Waals surface area (Å²) in [4.78, 5) is 12.2. The van der Waals surface area contributed by atoms with Crippen LogP contribution in [-0.4, -0.2) is 18.2 Å². The summed E-state index contributed by atoms with van der Waals surface area (Å²) in [7, 11) is 1.58. The minimum atomic E-state index is -0.321. The largest absolute Gasteiger partial charge is 0.496 e. The molecule has 23 heavy (non-hydrogen) atoms. The van der Waals surface area contributed by atoms with Crippen molar-refractivity contribution in [2.24, 2.45) is 0 Å². The molecule has 5 nitrogen and oxygen atoms in total. The Bertz CT molecular complexity index is 822. The molecular weight excluding hydrogens is 292 g/mol. The van der Waals surface area contributed by atoms with Crippen molar-refractivity contribution in [3.8, 4) is 17.1 Å². The molecule has 0 saturated carbocycles. The van der Waals surface area contributed by atoms with Crippen LogP contribution in [0, 0.1) is 6.92 Å². The van der Waals surface area contributed by atoms with Crippen molar-refractivity contribution < 1.29 is 14.1 Å². The van der Waals surface area contributed by atoms with E-state index in [1.165, 1.54) is 0 Å². The van der Waals surface area contributed by atoms with Crippen molar-refractivity contribution in [1.29, 1.82) is 0 Å². The maximum atomic E-state index is 12.2. The van der Waals surface area contributed by atoms with Crippen LogP contribution < -0.4 is 10.1 Å². The zero-order chi connectivity index (χ0) is 16.2. The number of hydrogen-bond acceptors (Lipinski definition) is 4. The standard InChI is InChI=1S/C18H16N2O3/c1-12-7-9-13(10-8-12)19-18(21)15-11-17(23-20-15)14-5-3-4-6-16(14)22-2/h3-11H,1-2H3,(H,19,21). The fraction of sp³-hybridized carbons (Fsp3) is 0.111. The molecule has 3 rings (SSSR count). The fourth-order valence-electron chi connectivity index (χ4n) is 2.19. The number of rotatable bonds is 4. The molecule has 0 bridgehead atoms. The topological polar surface area (TPSA) is 64.4 Å². The van der Waals surface area contributed by atoms with Gasteiger partial charge in [-0.1, -0.05) is 35.0 Å². The normalized spacial score (nSPS) is 10.3. The second kappa shape index (κ2) is 6.36. The van der Waals surface area contributed by atoms with E-state index in [4.69, 9.17) is 9.26 Å². The number of aryl methyl sites for hydroxylation is 1. The van der Waals surface area contributed by atoms with E-state index in [0.29, 0.717) is 17.2 Å². The molecule has 0 unspecified atom stereocenters. The lowest BCUT2D eigenvalue weighted by Crippen LogP contribution is -2.11. The molecule has 0 radical (unpaired) electrons. The summed E-state index contributed by atoms with van der Waals surface area (Å²) < 4.78 is 10.6. The Labute approximate surface area is 133 Å². The third-order valence-electron chi connectivity index (χ3n) is 3.42. The Morgan fingerprint density at radius 2 is 1.87 bits per heavy atom. The van der Waals surface area contributed by atoms with Gasteiger partial charge in [0.25, 0.3) is 5.91 Å². The van der Waals surface area contributed by atoms with Gasteiger partial charge in [0, 0.05) is 11.8 Å². The highest BCUT2D eigenvalue weighted by atomic mass is 16.5. The van der Waals surface area contributed by atoms with Gasteiger partial charge in [0.15, 0.2) is 11.5 Å². The summed E-state index contributed by atoms with van der Waals surface area (Å²) in [5.74, 6) is 0.824. The van der Waals surface area contributed by atoms with Crippen molar-refractivity contribution in [2.75, 3.05) is 12.4 Å². The molecule has 0 atom stereocenters. The summed E-state index contributed by atoms with van der Waals surface area (Å²) in [6, 6.07) is 16.5. The van der Waals surface area contributed by atoms with E-state index < -0.39 is 0 Å². The Morgan fingerprint density at radius 3 is 2.61 bits per heavy atom. The molecule has 0 aliphatic rings. The van der Waals surface area contributed by atoms with Crippen LogP contribution in [0.3, 0.4) is 0 Å². The summed E-state index contributed by atoms with van der Waals surface area (Å²) >= 11 is 0. The van der Waals surface area contributed by atoms with Crippen LogP contribution in [0.2, 0.25) is 0 Å². The number of para-hydroxylation sites is 1. The average Bonchev–Trinajstić information content (AvgIpc) is 3.07. The van der Waals surface area contributed by atoms with Crippen molar-refractivity contribution in [3.63, 3.8) is 0 Å². The monoisotopic (exact) mass is 308 g/mol. The number of benzene rings is 2. The predicted molar refractivity (Wildman–Crippen MR) is 87.6 cm³/mol. The van der Waals surface area contributed by atoms with Gasteiger partial charge in [0.1, 0.15) is 5.75 Å². The van der Waals surface area contributed by atoms with Crippen LogP contribution in [-0.2, 0) is 0 Å². The van der Waals surface area contributed by atoms with Gasteiger partial charge in [0.2, 0.25) is 0 Å². The number of aromatic nitrogens is 1. The first-order chi connectivity index (χ1) is 11.2. The van der Waals surface area contributed by atoms with Gasteiger partial charge in [-0.3, -0.25) is 4.79 Å². The first kappa shape index (κ1) is 14.8. The number of ether oxygens (including phenoxy) is 1. The van der Waals surface area contributed by atoms with Crippen molar-refractivity contribution >= 4 is 11.6 Å². The number of methoxy groups -OCH3 is 1. The highest BCUT2D eigenvalue weighted by Gasteiger charge is 2.16. The van der Waals surface area contributed by atoms with Gasteiger partial charge in [-0.25, -0.2) is 0 Å². The van der Waals surface area contributed by atoms with Gasteiger partial charge < -0.3 is 14.6 Å². The number of anilines is 1. The SMILES string of the molecule is COc1ccccc1-c1cc(C(=O)Nc2ccc(C)cc2)no1. The van der Waals surface area contributed by atoms with Crippen LogP contribution in [0.4, 0.5) is 5.69 Å². The average molecular weight is 308 g/mol. The van der Waals surface area contributed by atoms with Crippen LogP contribution in [0.15, 0.2) is 59.1 Å². The molecule has 5 heteroatoms. The van der Waals surface area contributed by atoms with Crippen LogP contribution in [0.5, 0.6) is 5.75 Å². The van der Waals surface area contributed by atoms with Gasteiger partial charge in [-0.05, 0) is 31.2 Å². The van der Waals surface area contributed by atoms with E-state index >= 15 is 0 Å². The molecule has 1 heterocycles. The highest BCUT2D eigenvalue weighted by Crippen LogP contribution is 2.30. The lowest BCUT2D eigenvalue weighted by Gasteiger charge is -2.03.